The molecule has 0 unspecified atom stereocenters. The van der Waals surface area contributed by atoms with Crippen LogP contribution in [0.15, 0.2) is 18.2 Å². The molecule has 2 N–H and O–H groups in total. The largest absolute Gasteiger partial charge is 0.497 e. The Morgan fingerprint density at radius 3 is 2.32 bits per heavy atom. The second-order valence-electron chi connectivity index (χ2n) is 4.78. The van der Waals surface area contributed by atoms with Crippen LogP contribution in [-0.2, 0) is 0 Å². The fourth-order valence-electron chi connectivity index (χ4n) is 2.01. The van der Waals surface area contributed by atoms with E-state index in [4.69, 9.17) is 9.47 Å². The quantitative estimate of drug-likeness (QED) is 0.760. The van der Waals surface area contributed by atoms with E-state index in [1.165, 1.54) is 0 Å². The van der Waals surface area contributed by atoms with E-state index in [1.807, 2.05) is 18.2 Å². The van der Waals surface area contributed by atoms with Gasteiger partial charge < -0.3 is 19.9 Å². The summed E-state index contributed by atoms with van der Waals surface area (Å²) < 4.78 is 10.5. The minimum absolute atomic E-state index is 0.0784. The zero-order valence-electron chi connectivity index (χ0n) is 12.3. The number of hydrogen-bond acceptors (Lipinski definition) is 4. The van der Waals surface area contributed by atoms with Crippen molar-refractivity contribution in [2.45, 2.75) is 26.7 Å². The Balaban J connectivity index is 2.82. The first-order valence-corrected chi connectivity index (χ1v) is 6.71. The van der Waals surface area contributed by atoms with Gasteiger partial charge in [0.15, 0.2) is 0 Å². The van der Waals surface area contributed by atoms with Crippen molar-refractivity contribution in [3.8, 4) is 11.5 Å². The van der Waals surface area contributed by atoms with E-state index in [0.717, 1.165) is 36.6 Å². The average Bonchev–Trinajstić information content (AvgIpc) is 2.49. The molecule has 108 valence electrons. The summed E-state index contributed by atoms with van der Waals surface area (Å²) in [6.07, 6.45) is 1.87. The molecule has 0 fully saturated rings. The molecule has 0 aliphatic carbocycles. The molecule has 4 nitrogen and oxygen atoms in total. The number of nitrogens with one attached hydrogen (secondary N) is 1. The van der Waals surface area contributed by atoms with Crippen LogP contribution in [0.1, 0.15) is 26.7 Å². The molecule has 19 heavy (non-hydrogen) atoms. The molecule has 0 aliphatic heterocycles. The van der Waals surface area contributed by atoms with Crippen LogP contribution in [0.3, 0.4) is 0 Å². The number of methoxy groups -OCH3 is 2. The van der Waals surface area contributed by atoms with Crippen molar-refractivity contribution in [3.05, 3.63) is 18.2 Å². The highest BCUT2D eigenvalue weighted by atomic mass is 16.5. The standard InChI is InChI=1S/C15H25NO3/c1-5-15(6-2,11-17)10-16-13-8-7-12(18-3)9-14(13)19-4/h7-9,16-17H,5-6,10-11H2,1-4H3. The van der Waals surface area contributed by atoms with Crippen LogP contribution in [0.25, 0.3) is 0 Å². The van der Waals surface area contributed by atoms with E-state index in [0.29, 0.717) is 0 Å². The van der Waals surface area contributed by atoms with Crippen LogP contribution >= 0.6 is 0 Å². The predicted octanol–water partition coefficient (Wildman–Crippen LogP) is 2.91. The summed E-state index contributed by atoms with van der Waals surface area (Å²) in [6, 6.07) is 5.68. The van der Waals surface area contributed by atoms with Crippen LogP contribution < -0.4 is 14.8 Å². The molecule has 0 atom stereocenters. The molecule has 0 saturated heterocycles. The normalized spacial score (nSPS) is 11.2. The van der Waals surface area contributed by atoms with E-state index in [9.17, 15) is 5.11 Å². The molecule has 4 heteroatoms. The van der Waals surface area contributed by atoms with Crippen molar-refractivity contribution in [2.24, 2.45) is 5.41 Å². The Kier molecular flexibility index (Phi) is 5.96. The average molecular weight is 267 g/mol. The summed E-state index contributed by atoms with van der Waals surface area (Å²) in [6.45, 7) is 5.12. The highest BCUT2D eigenvalue weighted by molar-refractivity contribution is 5.59. The van der Waals surface area contributed by atoms with Gasteiger partial charge in [0, 0.05) is 18.0 Å². The van der Waals surface area contributed by atoms with Gasteiger partial charge in [-0.1, -0.05) is 13.8 Å². The number of aliphatic hydroxyl groups is 1. The second-order valence-corrected chi connectivity index (χ2v) is 4.78. The van der Waals surface area contributed by atoms with Crippen molar-refractivity contribution in [1.29, 1.82) is 0 Å². The fraction of sp³-hybridized carbons (Fsp3) is 0.600. The summed E-state index contributed by atoms with van der Waals surface area (Å²) in [4.78, 5) is 0. The minimum Gasteiger partial charge on any atom is -0.497 e. The highest BCUT2D eigenvalue weighted by Crippen LogP contribution is 2.32. The van der Waals surface area contributed by atoms with Gasteiger partial charge in [-0.3, -0.25) is 0 Å². The van der Waals surface area contributed by atoms with E-state index < -0.39 is 0 Å². The van der Waals surface area contributed by atoms with Crippen LogP contribution in [0, 0.1) is 5.41 Å². The Morgan fingerprint density at radius 2 is 1.84 bits per heavy atom. The number of hydrogen-bond donors (Lipinski definition) is 2. The molecule has 1 aromatic carbocycles. The molecule has 1 aromatic rings. The third-order valence-electron chi connectivity index (χ3n) is 3.90. The number of ether oxygens (including phenoxy) is 2. The molecule has 0 heterocycles. The molecule has 0 bridgehead atoms. The zero-order chi connectivity index (χ0) is 14.3. The van der Waals surface area contributed by atoms with Crippen molar-refractivity contribution < 1.29 is 14.6 Å². The molecular weight excluding hydrogens is 242 g/mol. The van der Waals surface area contributed by atoms with Gasteiger partial charge in [-0.15, -0.1) is 0 Å². The van der Waals surface area contributed by atoms with Gasteiger partial charge in [0.25, 0.3) is 0 Å². The Hall–Kier alpha value is -1.42. The van der Waals surface area contributed by atoms with Gasteiger partial charge >= 0.3 is 0 Å². The SMILES string of the molecule is CCC(CC)(CO)CNc1ccc(OC)cc1OC. The van der Waals surface area contributed by atoms with Crippen molar-refractivity contribution in [3.63, 3.8) is 0 Å². The predicted molar refractivity (Wildman–Crippen MR) is 78.1 cm³/mol. The lowest BCUT2D eigenvalue weighted by atomic mass is 9.83. The van der Waals surface area contributed by atoms with Gasteiger partial charge in [-0.2, -0.15) is 0 Å². The summed E-state index contributed by atoms with van der Waals surface area (Å²) in [5.74, 6) is 1.51. The maximum absolute atomic E-state index is 9.57. The summed E-state index contributed by atoms with van der Waals surface area (Å²) in [7, 11) is 3.27. The summed E-state index contributed by atoms with van der Waals surface area (Å²) in [5.41, 5.74) is 0.841. The lowest BCUT2D eigenvalue weighted by Crippen LogP contribution is -2.32. The van der Waals surface area contributed by atoms with E-state index in [-0.39, 0.29) is 12.0 Å². The van der Waals surface area contributed by atoms with Gasteiger partial charge in [0.05, 0.1) is 26.5 Å². The lowest BCUT2D eigenvalue weighted by molar-refractivity contribution is 0.127. The molecule has 1 rings (SSSR count). The van der Waals surface area contributed by atoms with Crippen molar-refractivity contribution >= 4 is 5.69 Å². The van der Waals surface area contributed by atoms with Crippen molar-refractivity contribution in [2.75, 3.05) is 32.7 Å². The van der Waals surface area contributed by atoms with Crippen LogP contribution in [0.5, 0.6) is 11.5 Å². The molecular formula is C15H25NO3. The smallest absolute Gasteiger partial charge is 0.145 e. The highest BCUT2D eigenvalue weighted by Gasteiger charge is 2.25. The first-order valence-electron chi connectivity index (χ1n) is 6.71. The first-order chi connectivity index (χ1) is 9.14. The third-order valence-corrected chi connectivity index (χ3v) is 3.90. The Morgan fingerprint density at radius 1 is 1.16 bits per heavy atom. The maximum Gasteiger partial charge on any atom is 0.145 e. The lowest BCUT2D eigenvalue weighted by Gasteiger charge is -2.30. The van der Waals surface area contributed by atoms with Crippen LogP contribution in [0.2, 0.25) is 0 Å². The number of aliphatic hydroxyl groups excluding tert-OH is 1. The van der Waals surface area contributed by atoms with Crippen LogP contribution in [-0.4, -0.2) is 32.5 Å². The molecule has 0 aliphatic rings. The second kappa shape index (κ2) is 7.24. The maximum atomic E-state index is 9.57. The minimum atomic E-state index is -0.0784. The first kappa shape index (κ1) is 15.6. The Labute approximate surface area is 115 Å². The van der Waals surface area contributed by atoms with Gasteiger partial charge in [0.1, 0.15) is 11.5 Å². The van der Waals surface area contributed by atoms with E-state index >= 15 is 0 Å². The molecule has 0 saturated carbocycles. The van der Waals surface area contributed by atoms with E-state index in [1.54, 1.807) is 14.2 Å². The van der Waals surface area contributed by atoms with E-state index in [2.05, 4.69) is 19.2 Å². The molecule has 0 aromatic heterocycles. The topological polar surface area (TPSA) is 50.7 Å². The van der Waals surface area contributed by atoms with Gasteiger partial charge in [0.2, 0.25) is 0 Å². The van der Waals surface area contributed by atoms with Crippen molar-refractivity contribution in [1.82, 2.24) is 0 Å². The number of rotatable bonds is 8. The van der Waals surface area contributed by atoms with Gasteiger partial charge in [-0.05, 0) is 25.0 Å². The molecule has 0 radical (unpaired) electrons. The molecule has 0 amide bonds. The fourth-order valence-corrected chi connectivity index (χ4v) is 2.01. The monoisotopic (exact) mass is 267 g/mol. The zero-order valence-corrected chi connectivity index (χ0v) is 12.3. The number of anilines is 1. The summed E-state index contributed by atoms with van der Waals surface area (Å²) >= 11 is 0. The van der Waals surface area contributed by atoms with Crippen LogP contribution in [0.4, 0.5) is 5.69 Å². The Bertz CT molecular complexity index is 381. The molecule has 0 spiro atoms. The number of benzene rings is 1. The third kappa shape index (κ3) is 3.77. The summed E-state index contributed by atoms with van der Waals surface area (Å²) in [5, 5.41) is 12.9. The van der Waals surface area contributed by atoms with Gasteiger partial charge in [-0.25, -0.2) is 0 Å².